The maximum absolute atomic E-state index is 17.2. The second-order valence-corrected chi connectivity index (χ2v) is 15.0. The number of benzene rings is 2. The van der Waals surface area contributed by atoms with Crippen LogP contribution in [0.1, 0.15) is 51.0 Å². The fraction of sp³-hybridized carbons (Fsp3) is 0.500. The second-order valence-electron chi connectivity index (χ2n) is 13.6. The number of fused-ring (bicyclic) bond motifs is 4. The molecule has 8 rings (SSSR count). The molecule has 0 aliphatic carbocycles. The summed E-state index contributed by atoms with van der Waals surface area (Å²) in [6.07, 6.45) is 1.41. The lowest BCUT2D eigenvalue weighted by molar-refractivity contribution is 0.0533. The number of hydrogen-bond acceptors (Lipinski definition) is 9. The molecule has 48 heavy (non-hydrogen) atoms. The summed E-state index contributed by atoms with van der Waals surface area (Å²) in [7, 11) is 0. The standard InChI is InChI=1S/C34H33ClF4N6O2S/c1-16-12-34(7-2-8-44(34)14-16)15-47-33-42-27-24-28(46-10-6-18-11-17(30(38)39)5-9-45(18)32(24)43-33)25(35)23(26(27)37)19-3-4-21(36)29-22(19)20(13-40)31(41)48-29/h3-4,16-18,30H,2,5-12,14-15,41H2,1H3/t16-,17?,18?,34?/m1/s1. The predicted octanol–water partition coefficient (Wildman–Crippen LogP) is 7.78. The van der Waals surface area contributed by atoms with Gasteiger partial charge in [-0.15, -0.1) is 11.3 Å². The van der Waals surface area contributed by atoms with Gasteiger partial charge in [-0.1, -0.05) is 24.6 Å². The minimum absolute atomic E-state index is 0.0203. The predicted molar refractivity (Wildman–Crippen MR) is 177 cm³/mol. The minimum Gasteiger partial charge on any atom is -0.491 e. The number of alkyl halides is 2. The molecule has 3 saturated heterocycles. The van der Waals surface area contributed by atoms with Crippen LogP contribution in [0, 0.1) is 34.8 Å². The maximum Gasteiger partial charge on any atom is 0.319 e. The lowest BCUT2D eigenvalue weighted by Crippen LogP contribution is -2.46. The molecule has 6 heterocycles. The van der Waals surface area contributed by atoms with Crippen molar-refractivity contribution >= 4 is 54.7 Å². The van der Waals surface area contributed by atoms with E-state index in [1.165, 1.54) is 12.1 Å². The van der Waals surface area contributed by atoms with Crippen LogP contribution in [-0.4, -0.2) is 65.7 Å². The van der Waals surface area contributed by atoms with Crippen LogP contribution in [0.4, 0.5) is 28.4 Å². The Morgan fingerprint density at radius 2 is 2.06 bits per heavy atom. The van der Waals surface area contributed by atoms with E-state index in [0.717, 1.165) is 43.7 Å². The van der Waals surface area contributed by atoms with Gasteiger partial charge in [-0.2, -0.15) is 15.2 Å². The molecule has 3 unspecified atom stereocenters. The summed E-state index contributed by atoms with van der Waals surface area (Å²) in [4.78, 5) is 13.8. The summed E-state index contributed by atoms with van der Waals surface area (Å²) >= 11 is 7.92. The molecule has 2 aromatic heterocycles. The van der Waals surface area contributed by atoms with Crippen molar-refractivity contribution < 1.29 is 27.0 Å². The Morgan fingerprint density at radius 3 is 2.85 bits per heavy atom. The molecule has 4 aliphatic rings. The molecule has 0 saturated carbocycles. The van der Waals surface area contributed by atoms with Crippen molar-refractivity contribution in [2.75, 3.05) is 43.5 Å². The van der Waals surface area contributed by atoms with E-state index >= 15 is 4.39 Å². The van der Waals surface area contributed by atoms with Crippen LogP contribution in [0.2, 0.25) is 5.02 Å². The molecule has 2 aromatic carbocycles. The van der Waals surface area contributed by atoms with Crippen molar-refractivity contribution in [3.05, 3.63) is 34.4 Å². The van der Waals surface area contributed by atoms with E-state index in [1.54, 1.807) is 0 Å². The van der Waals surface area contributed by atoms with E-state index in [4.69, 9.17) is 31.8 Å². The first-order chi connectivity index (χ1) is 23.1. The van der Waals surface area contributed by atoms with Crippen LogP contribution >= 0.6 is 22.9 Å². The Morgan fingerprint density at radius 1 is 1.23 bits per heavy atom. The number of ether oxygens (including phenoxy) is 2. The monoisotopic (exact) mass is 700 g/mol. The van der Waals surface area contributed by atoms with Gasteiger partial charge in [-0.25, -0.2) is 17.6 Å². The highest BCUT2D eigenvalue weighted by Crippen LogP contribution is 2.52. The molecule has 8 nitrogen and oxygen atoms in total. The fourth-order valence-corrected chi connectivity index (χ4v) is 9.85. The molecule has 0 amide bonds. The van der Waals surface area contributed by atoms with E-state index in [-0.39, 0.29) is 97.0 Å². The van der Waals surface area contributed by atoms with Crippen LogP contribution in [0.3, 0.4) is 0 Å². The normalized spacial score (nSPS) is 25.5. The van der Waals surface area contributed by atoms with E-state index in [0.29, 0.717) is 24.8 Å². The van der Waals surface area contributed by atoms with Crippen molar-refractivity contribution in [2.24, 2.45) is 11.8 Å². The minimum atomic E-state index is -2.45. The first kappa shape index (κ1) is 31.7. The van der Waals surface area contributed by atoms with E-state index in [9.17, 15) is 18.4 Å². The molecule has 4 aliphatic heterocycles. The van der Waals surface area contributed by atoms with Gasteiger partial charge in [0, 0.05) is 42.4 Å². The van der Waals surface area contributed by atoms with E-state index < -0.39 is 24.0 Å². The van der Waals surface area contributed by atoms with Gasteiger partial charge in [-0.3, -0.25) is 4.90 Å². The smallest absolute Gasteiger partial charge is 0.319 e. The summed E-state index contributed by atoms with van der Waals surface area (Å²) in [5.41, 5.74) is 5.88. The number of nitrogen functional groups attached to an aromatic ring is 1. The number of aromatic nitrogens is 2. The van der Waals surface area contributed by atoms with Gasteiger partial charge in [0.15, 0.2) is 11.6 Å². The van der Waals surface area contributed by atoms with Gasteiger partial charge in [0.2, 0.25) is 6.43 Å². The number of nitriles is 1. The van der Waals surface area contributed by atoms with E-state index in [2.05, 4.69) is 16.8 Å². The third-order valence-electron chi connectivity index (χ3n) is 10.7. The molecular weight excluding hydrogens is 668 g/mol. The Balaban J connectivity index is 1.34. The number of piperidine rings is 1. The zero-order valence-corrected chi connectivity index (χ0v) is 27.7. The average Bonchev–Trinajstić information content (AvgIpc) is 3.70. The molecule has 0 radical (unpaired) electrons. The van der Waals surface area contributed by atoms with Crippen LogP contribution in [0.15, 0.2) is 12.1 Å². The van der Waals surface area contributed by atoms with Crippen molar-refractivity contribution in [2.45, 2.75) is 63.5 Å². The van der Waals surface area contributed by atoms with Crippen LogP contribution in [-0.2, 0) is 0 Å². The maximum atomic E-state index is 17.2. The van der Waals surface area contributed by atoms with Gasteiger partial charge in [0.05, 0.1) is 32.8 Å². The SMILES string of the molecule is C[C@H]1CN2CCCC2(COc2nc3c4c(c(Cl)c(-c5ccc(F)c6sc(N)c(C#N)c56)c(F)c4n2)OCCC2CC(C(F)F)CCN32)C1. The molecule has 0 spiro atoms. The Labute approximate surface area is 283 Å². The number of rotatable bonds is 5. The summed E-state index contributed by atoms with van der Waals surface area (Å²) in [5.74, 6) is -1.25. The van der Waals surface area contributed by atoms with Crippen molar-refractivity contribution in [3.8, 4) is 29.0 Å². The zero-order chi connectivity index (χ0) is 33.5. The molecular formula is C34H33ClF4N6O2S. The Kier molecular flexibility index (Phi) is 7.77. The van der Waals surface area contributed by atoms with Gasteiger partial charge in [-0.05, 0) is 56.2 Å². The first-order valence-corrected chi connectivity index (χ1v) is 17.5. The number of thiophene rings is 1. The molecule has 2 N–H and O–H groups in total. The molecule has 0 bridgehead atoms. The molecule has 14 heteroatoms. The lowest BCUT2D eigenvalue weighted by Gasteiger charge is -2.41. The van der Waals surface area contributed by atoms with E-state index in [1.807, 2.05) is 11.0 Å². The number of nitrogens with two attached hydrogens (primary N) is 1. The quantitative estimate of drug-likeness (QED) is 0.211. The molecule has 3 fully saturated rings. The van der Waals surface area contributed by atoms with Gasteiger partial charge < -0.3 is 20.1 Å². The number of anilines is 2. The second kappa shape index (κ2) is 11.8. The number of halogens is 5. The topological polar surface area (TPSA) is 101 Å². The zero-order valence-electron chi connectivity index (χ0n) is 26.2. The third-order valence-corrected chi connectivity index (χ3v) is 12.1. The highest BCUT2D eigenvalue weighted by atomic mass is 35.5. The van der Waals surface area contributed by atoms with Crippen molar-refractivity contribution in [1.82, 2.24) is 14.9 Å². The summed E-state index contributed by atoms with van der Waals surface area (Å²) in [6.45, 7) is 4.91. The first-order valence-electron chi connectivity index (χ1n) is 16.3. The van der Waals surface area contributed by atoms with Crippen LogP contribution in [0.25, 0.3) is 32.1 Å². The van der Waals surface area contributed by atoms with Crippen LogP contribution < -0.4 is 20.1 Å². The third kappa shape index (κ3) is 4.85. The van der Waals surface area contributed by atoms with Gasteiger partial charge in [0.1, 0.15) is 34.8 Å². The lowest BCUT2D eigenvalue weighted by atomic mass is 9.88. The Bertz CT molecular complexity index is 2000. The van der Waals surface area contributed by atoms with Crippen molar-refractivity contribution in [3.63, 3.8) is 0 Å². The summed E-state index contributed by atoms with van der Waals surface area (Å²) in [6, 6.07) is 4.22. The van der Waals surface area contributed by atoms with Gasteiger partial charge >= 0.3 is 6.01 Å². The highest BCUT2D eigenvalue weighted by molar-refractivity contribution is 7.23. The van der Waals surface area contributed by atoms with Crippen LogP contribution in [0.5, 0.6) is 11.8 Å². The molecule has 4 atom stereocenters. The Hall–Kier alpha value is -3.60. The fourth-order valence-electron chi connectivity index (χ4n) is 8.57. The highest BCUT2D eigenvalue weighted by Gasteiger charge is 2.48. The van der Waals surface area contributed by atoms with Gasteiger partial charge in [0.25, 0.3) is 0 Å². The largest absolute Gasteiger partial charge is 0.491 e. The summed E-state index contributed by atoms with van der Waals surface area (Å²) < 4.78 is 72.6. The summed E-state index contributed by atoms with van der Waals surface area (Å²) in [5, 5.41) is 10.3. The van der Waals surface area contributed by atoms with Crippen molar-refractivity contribution in [1.29, 1.82) is 5.26 Å². The molecule has 252 valence electrons. The number of hydrogen-bond donors (Lipinski definition) is 1. The molecule has 4 aromatic rings. The number of nitrogens with zero attached hydrogens (tertiary/aromatic N) is 5. The average molecular weight is 701 g/mol.